The second-order valence-electron chi connectivity index (χ2n) is 2.61. The van der Waals surface area contributed by atoms with E-state index in [1.165, 1.54) is 31.5 Å². The number of carbonyl (C=O) groups is 1. The fourth-order valence-corrected chi connectivity index (χ4v) is 0.826. The van der Waals surface area contributed by atoms with Crippen LogP contribution in [0.5, 0.6) is 11.5 Å². The van der Waals surface area contributed by atoms with Crippen molar-refractivity contribution in [1.82, 2.24) is 5.43 Å². The number of hydrazone groups is 1. The number of nitrogens with zero attached hydrogens (tertiary/aromatic N) is 1. The van der Waals surface area contributed by atoms with Crippen molar-refractivity contribution in [2.24, 2.45) is 5.10 Å². The number of phenolic OH excluding ortho intramolecular Hbond substituents is 2. The van der Waals surface area contributed by atoms with Crippen LogP contribution < -0.4 is 5.43 Å². The highest BCUT2D eigenvalue weighted by Gasteiger charge is 1.98. The van der Waals surface area contributed by atoms with Crippen molar-refractivity contribution in [3.63, 3.8) is 0 Å². The van der Waals surface area contributed by atoms with Crippen LogP contribution >= 0.6 is 0 Å². The standard InChI is InChI=1S/C9H10N2O4/c1-15-9(14)11-10-5-6-2-3-7(12)8(13)4-6/h2-5,12-13H,1H3,(H,11,14)/b10-5+. The van der Waals surface area contributed by atoms with Gasteiger partial charge >= 0.3 is 6.09 Å². The van der Waals surface area contributed by atoms with Gasteiger partial charge in [0.05, 0.1) is 13.3 Å². The molecule has 1 rings (SSSR count). The van der Waals surface area contributed by atoms with E-state index < -0.39 is 6.09 Å². The van der Waals surface area contributed by atoms with Gasteiger partial charge in [0, 0.05) is 0 Å². The van der Waals surface area contributed by atoms with Crippen LogP contribution in [0.25, 0.3) is 0 Å². The molecule has 0 aliphatic heterocycles. The molecule has 0 fully saturated rings. The van der Waals surface area contributed by atoms with Crippen molar-refractivity contribution in [3.8, 4) is 11.5 Å². The third kappa shape index (κ3) is 3.18. The Balaban J connectivity index is 2.65. The molecular formula is C9H10N2O4. The fraction of sp³-hybridized carbons (Fsp3) is 0.111. The first-order valence-corrected chi connectivity index (χ1v) is 4.02. The number of amides is 1. The molecule has 1 aromatic carbocycles. The highest BCUT2D eigenvalue weighted by molar-refractivity contribution is 5.81. The fourth-order valence-electron chi connectivity index (χ4n) is 0.826. The molecule has 3 N–H and O–H groups in total. The Morgan fingerprint density at radius 2 is 2.20 bits per heavy atom. The Labute approximate surface area is 85.8 Å². The van der Waals surface area contributed by atoms with Crippen molar-refractivity contribution in [1.29, 1.82) is 0 Å². The first-order chi connectivity index (χ1) is 7.13. The molecule has 1 aromatic rings. The highest BCUT2D eigenvalue weighted by atomic mass is 16.5. The van der Waals surface area contributed by atoms with Crippen molar-refractivity contribution >= 4 is 12.3 Å². The van der Waals surface area contributed by atoms with Gasteiger partial charge in [-0.3, -0.25) is 0 Å². The number of aromatic hydroxyl groups is 2. The zero-order chi connectivity index (χ0) is 11.3. The first kappa shape index (κ1) is 10.8. The predicted molar refractivity (Wildman–Crippen MR) is 52.9 cm³/mol. The van der Waals surface area contributed by atoms with Gasteiger partial charge < -0.3 is 14.9 Å². The molecule has 0 unspecified atom stereocenters. The van der Waals surface area contributed by atoms with Gasteiger partial charge in [-0.05, 0) is 23.8 Å². The van der Waals surface area contributed by atoms with Gasteiger partial charge in [0.25, 0.3) is 0 Å². The molecule has 0 spiro atoms. The van der Waals surface area contributed by atoms with E-state index in [1.807, 2.05) is 0 Å². The number of carbonyl (C=O) groups excluding carboxylic acids is 1. The van der Waals surface area contributed by atoms with Crippen LogP contribution in [-0.4, -0.2) is 29.6 Å². The molecule has 80 valence electrons. The Morgan fingerprint density at radius 3 is 2.80 bits per heavy atom. The maximum absolute atomic E-state index is 10.6. The van der Waals surface area contributed by atoms with Crippen LogP contribution in [-0.2, 0) is 4.74 Å². The van der Waals surface area contributed by atoms with E-state index >= 15 is 0 Å². The largest absolute Gasteiger partial charge is 0.504 e. The molecule has 6 nitrogen and oxygen atoms in total. The number of methoxy groups -OCH3 is 1. The SMILES string of the molecule is COC(=O)N/N=C/c1ccc(O)c(O)c1. The van der Waals surface area contributed by atoms with Gasteiger partial charge in [-0.15, -0.1) is 0 Å². The maximum Gasteiger partial charge on any atom is 0.427 e. The van der Waals surface area contributed by atoms with Crippen LogP contribution in [0.1, 0.15) is 5.56 Å². The van der Waals surface area contributed by atoms with Crippen LogP contribution in [0.4, 0.5) is 4.79 Å². The minimum absolute atomic E-state index is 0.215. The molecule has 0 saturated heterocycles. The van der Waals surface area contributed by atoms with Crippen molar-refractivity contribution in [2.75, 3.05) is 7.11 Å². The molecule has 6 heteroatoms. The average molecular weight is 210 g/mol. The summed E-state index contributed by atoms with van der Waals surface area (Å²) in [5.41, 5.74) is 2.61. The molecule has 0 aromatic heterocycles. The summed E-state index contributed by atoms with van der Waals surface area (Å²) < 4.78 is 4.28. The molecule has 0 heterocycles. The van der Waals surface area contributed by atoms with Gasteiger partial charge in [0.2, 0.25) is 0 Å². The molecule has 0 aliphatic carbocycles. The number of nitrogens with one attached hydrogen (secondary N) is 1. The van der Waals surface area contributed by atoms with E-state index in [9.17, 15) is 4.79 Å². The molecular weight excluding hydrogens is 200 g/mol. The lowest BCUT2D eigenvalue weighted by Crippen LogP contribution is -2.16. The smallest absolute Gasteiger partial charge is 0.427 e. The Hall–Kier alpha value is -2.24. The summed E-state index contributed by atoms with van der Waals surface area (Å²) in [5.74, 6) is -0.468. The van der Waals surface area contributed by atoms with Gasteiger partial charge in [0.15, 0.2) is 11.5 Å². The minimum atomic E-state index is -0.686. The Morgan fingerprint density at radius 1 is 1.47 bits per heavy atom. The molecule has 0 atom stereocenters. The van der Waals surface area contributed by atoms with Gasteiger partial charge in [-0.1, -0.05) is 0 Å². The van der Waals surface area contributed by atoms with E-state index in [2.05, 4.69) is 15.3 Å². The molecule has 0 aliphatic rings. The zero-order valence-corrected chi connectivity index (χ0v) is 7.97. The molecule has 0 radical (unpaired) electrons. The Kier molecular flexibility index (Phi) is 3.50. The minimum Gasteiger partial charge on any atom is -0.504 e. The second-order valence-corrected chi connectivity index (χ2v) is 2.61. The van der Waals surface area contributed by atoms with E-state index in [1.54, 1.807) is 0 Å². The summed E-state index contributed by atoms with van der Waals surface area (Å²) in [5, 5.41) is 21.7. The van der Waals surface area contributed by atoms with Crippen molar-refractivity contribution in [2.45, 2.75) is 0 Å². The van der Waals surface area contributed by atoms with Gasteiger partial charge in [-0.2, -0.15) is 5.10 Å². The average Bonchev–Trinajstić information content (AvgIpc) is 2.23. The van der Waals surface area contributed by atoms with E-state index in [-0.39, 0.29) is 11.5 Å². The highest BCUT2D eigenvalue weighted by Crippen LogP contribution is 2.23. The van der Waals surface area contributed by atoms with Crippen LogP contribution in [0.2, 0.25) is 0 Å². The second kappa shape index (κ2) is 4.85. The third-order valence-electron chi connectivity index (χ3n) is 1.55. The first-order valence-electron chi connectivity index (χ1n) is 4.02. The van der Waals surface area contributed by atoms with E-state index in [0.29, 0.717) is 5.56 Å². The molecule has 15 heavy (non-hydrogen) atoms. The summed E-state index contributed by atoms with van der Waals surface area (Å²) in [6.45, 7) is 0. The lowest BCUT2D eigenvalue weighted by molar-refractivity contribution is 0.171. The van der Waals surface area contributed by atoms with Crippen LogP contribution in [0.15, 0.2) is 23.3 Å². The lowest BCUT2D eigenvalue weighted by atomic mass is 10.2. The molecule has 1 amide bonds. The number of hydrogen-bond acceptors (Lipinski definition) is 5. The summed E-state index contributed by atoms with van der Waals surface area (Å²) >= 11 is 0. The Bertz CT molecular complexity index is 390. The quantitative estimate of drug-likeness (QED) is 0.382. The van der Waals surface area contributed by atoms with E-state index in [4.69, 9.17) is 10.2 Å². The number of phenols is 2. The summed E-state index contributed by atoms with van der Waals surface area (Å²) in [6.07, 6.45) is 0.616. The number of benzene rings is 1. The summed E-state index contributed by atoms with van der Waals surface area (Å²) in [4.78, 5) is 10.6. The summed E-state index contributed by atoms with van der Waals surface area (Å²) in [6, 6.07) is 4.14. The predicted octanol–water partition coefficient (Wildman–Crippen LogP) is 0.788. The number of hydrogen-bond donors (Lipinski definition) is 3. The topological polar surface area (TPSA) is 91.2 Å². The third-order valence-corrected chi connectivity index (χ3v) is 1.55. The van der Waals surface area contributed by atoms with Gasteiger partial charge in [-0.25, -0.2) is 10.2 Å². The lowest BCUT2D eigenvalue weighted by Gasteiger charge is -1.98. The molecule has 0 bridgehead atoms. The van der Waals surface area contributed by atoms with Crippen molar-refractivity contribution < 1.29 is 19.7 Å². The van der Waals surface area contributed by atoms with Crippen LogP contribution in [0, 0.1) is 0 Å². The summed E-state index contributed by atoms with van der Waals surface area (Å²) in [7, 11) is 1.22. The number of rotatable bonds is 2. The van der Waals surface area contributed by atoms with E-state index in [0.717, 1.165) is 0 Å². The zero-order valence-electron chi connectivity index (χ0n) is 7.97. The van der Waals surface area contributed by atoms with Gasteiger partial charge in [0.1, 0.15) is 0 Å². The number of ether oxygens (including phenoxy) is 1. The van der Waals surface area contributed by atoms with Crippen molar-refractivity contribution in [3.05, 3.63) is 23.8 Å². The maximum atomic E-state index is 10.6. The monoisotopic (exact) mass is 210 g/mol. The molecule has 0 saturated carbocycles. The normalized spacial score (nSPS) is 10.2. The van der Waals surface area contributed by atoms with Crippen LogP contribution in [0.3, 0.4) is 0 Å².